The van der Waals surface area contributed by atoms with Crippen LogP contribution in [0.25, 0.3) is 0 Å². The monoisotopic (exact) mass is 257 g/mol. The molecule has 2 N–H and O–H groups in total. The van der Waals surface area contributed by atoms with Gasteiger partial charge in [-0.25, -0.2) is 13.4 Å². The van der Waals surface area contributed by atoms with Crippen LogP contribution in [0.15, 0.2) is 18.3 Å². The van der Waals surface area contributed by atoms with Crippen LogP contribution in [0.5, 0.6) is 0 Å². The lowest BCUT2D eigenvalue weighted by Gasteiger charge is -2.08. The maximum atomic E-state index is 10.9. The smallest absolute Gasteiger partial charge is 0.147 e. The maximum absolute atomic E-state index is 10.9. The standard InChI is InChI=1S/C11H19N3O2S/c1-3-12-11-9-10(5-7-14-11)13-6-4-8-17(2,15)16/h5,7,9H,3-4,6,8H2,1-2H3,(H2,12,13,14). The molecule has 0 unspecified atom stereocenters. The fourth-order valence-electron chi connectivity index (χ4n) is 1.39. The molecule has 1 heterocycles. The summed E-state index contributed by atoms with van der Waals surface area (Å²) in [7, 11) is -2.86. The molecule has 0 aliphatic carbocycles. The van der Waals surface area contributed by atoms with E-state index in [0.717, 1.165) is 18.1 Å². The quantitative estimate of drug-likeness (QED) is 0.722. The first kappa shape index (κ1) is 13.8. The zero-order valence-corrected chi connectivity index (χ0v) is 11.0. The summed E-state index contributed by atoms with van der Waals surface area (Å²) >= 11 is 0. The largest absolute Gasteiger partial charge is 0.385 e. The van der Waals surface area contributed by atoms with E-state index in [-0.39, 0.29) is 5.75 Å². The van der Waals surface area contributed by atoms with Gasteiger partial charge in [-0.05, 0) is 19.4 Å². The van der Waals surface area contributed by atoms with Gasteiger partial charge in [0, 0.05) is 37.3 Å². The van der Waals surface area contributed by atoms with Crippen LogP contribution in [-0.2, 0) is 9.84 Å². The number of rotatable bonds is 7. The Hall–Kier alpha value is -1.30. The van der Waals surface area contributed by atoms with Crippen molar-refractivity contribution in [3.05, 3.63) is 18.3 Å². The highest BCUT2D eigenvalue weighted by molar-refractivity contribution is 7.90. The molecule has 5 nitrogen and oxygen atoms in total. The summed E-state index contributed by atoms with van der Waals surface area (Å²) in [5.74, 6) is 1.03. The zero-order valence-electron chi connectivity index (χ0n) is 10.2. The molecule has 1 aromatic heterocycles. The van der Waals surface area contributed by atoms with Crippen molar-refractivity contribution in [3.8, 4) is 0 Å². The average Bonchev–Trinajstić information content (AvgIpc) is 2.24. The fourth-order valence-corrected chi connectivity index (χ4v) is 2.05. The Morgan fingerprint density at radius 1 is 1.35 bits per heavy atom. The van der Waals surface area contributed by atoms with E-state index >= 15 is 0 Å². The van der Waals surface area contributed by atoms with E-state index in [1.54, 1.807) is 6.20 Å². The van der Waals surface area contributed by atoms with Gasteiger partial charge in [0.15, 0.2) is 0 Å². The minimum absolute atomic E-state index is 0.213. The van der Waals surface area contributed by atoms with Crippen LogP contribution < -0.4 is 10.6 Å². The lowest BCUT2D eigenvalue weighted by molar-refractivity contribution is 0.600. The van der Waals surface area contributed by atoms with Gasteiger partial charge < -0.3 is 10.6 Å². The molecular formula is C11H19N3O2S. The minimum atomic E-state index is -2.86. The van der Waals surface area contributed by atoms with Gasteiger partial charge in [0.25, 0.3) is 0 Å². The topological polar surface area (TPSA) is 71.1 Å². The van der Waals surface area contributed by atoms with Crippen molar-refractivity contribution in [3.63, 3.8) is 0 Å². The number of nitrogens with one attached hydrogen (secondary N) is 2. The van der Waals surface area contributed by atoms with Crippen molar-refractivity contribution in [2.45, 2.75) is 13.3 Å². The summed E-state index contributed by atoms with van der Waals surface area (Å²) in [5, 5.41) is 6.29. The van der Waals surface area contributed by atoms with Crippen LogP contribution in [0.4, 0.5) is 11.5 Å². The Balaban J connectivity index is 2.38. The van der Waals surface area contributed by atoms with E-state index < -0.39 is 9.84 Å². The highest BCUT2D eigenvalue weighted by Crippen LogP contribution is 2.11. The summed E-state index contributed by atoms with van der Waals surface area (Å²) in [6.07, 6.45) is 3.58. The summed E-state index contributed by atoms with van der Waals surface area (Å²) in [6, 6.07) is 3.77. The maximum Gasteiger partial charge on any atom is 0.147 e. The third kappa shape index (κ3) is 6.11. The third-order valence-electron chi connectivity index (χ3n) is 2.14. The van der Waals surface area contributed by atoms with E-state index in [2.05, 4.69) is 15.6 Å². The third-order valence-corrected chi connectivity index (χ3v) is 3.17. The molecule has 0 saturated carbocycles. The molecule has 0 spiro atoms. The van der Waals surface area contributed by atoms with Gasteiger partial charge in [0.1, 0.15) is 15.7 Å². The Morgan fingerprint density at radius 2 is 2.12 bits per heavy atom. The van der Waals surface area contributed by atoms with Gasteiger partial charge in [0.05, 0.1) is 5.75 Å². The molecule has 0 saturated heterocycles. The molecule has 0 aromatic carbocycles. The second kappa shape index (κ2) is 6.44. The van der Waals surface area contributed by atoms with E-state index in [4.69, 9.17) is 0 Å². The Kier molecular flexibility index (Phi) is 5.21. The number of nitrogens with zero attached hydrogens (tertiary/aromatic N) is 1. The molecule has 0 radical (unpaired) electrons. The predicted molar refractivity (Wildman–Crippen MR) is 71.2 cm³/mol. The first-order valence-electron chi connectivity index (χ1n) is 5.63. The first-order valence-corrected chi connectivity index (χ1v) is 7.69. The molecule has 0 amide bonds. The van der Waals surface area contributed by atoms with Crippen LogP contribution >= 0.6 is 0 Å². The number of hydrogen-bond donors (Lipinski definition) is 2. The van der Waals surface area contributed by atoms with Crippen LogP contribution in [0.1, 0.15) is 13.3 Å². The summed E-state index contributed by atoms with van der Waals surface area (Å²) in [6.45, 7) is 3.47. The molecule has 1 aromatic rings. The Labute approximate surface area is 103 Å². The van der Waals surface area contributed by atoms with E-state index in [1.807, 2.05) is 19.1 Å². The molecule has 17 heavy (non-hydrogen) atoms. The van der Waals surface area contributed by atoms with Crippen molar-refractivity contribution in [1.29, 1.82) is 0 Å². The number of aromatic nitrogens is 1. The number of hydrogen-bond acceptors (Lipinski definition) is 5. The molecule has 96 valence electrons. The molecule has 1 rings (SSSR count). The summed E-state index contributed by atoms with van der Waals surface area (Å²) < 4.78 is 21.9. The van der Waals surface area contributed by atoms with Crippen LogP contribution in [0.2, 0.25) is 0 Å². The number of sulfone groups is 1. The van der Waals surface area contributed by atoms with Crippen molar-refractivity contribution in [1.82, 2.24) is 4.98 Å². The van der Waals surface area contributed by atoms with Crippen molar-refractivity contribution >= 4 is 21.3 Å². The average molecular weight is 257 g/mol. The number of pyridine rings is 1. The zero-order chi connectivity index (χ0) is 12.7. The molecule has 0 aliphatic heterocycles. The van der Waals surface area contributed by atoms with Crippen molar-refractivity contribution < 1.29 is 8.42 Å². The van der Waals surface area contributed by atoms with E-state index in [1.165, 1.54) is 6.26 Å². The van der Waals surface area contributed by atoms with Gasteiger partial charge in [0.2, 0.25) is 0 Å². The molecule has 0 atom stereocenters. The molecular weight excluding hydrogens is 238 g/mol. The normalized spacial score (nSPS) is 11.2. The second-order valence-corrected chi connectivity index (χ2v) is 6.13. The van der Waals surface area contributed by atoms with Crippen LogP contribution in [0, 0.1) is 0 Å². The van der Waals surface area contributed by atoms with Crippen molar-refractivity contribution in [2.75, 3.05) is 35.7 Å². The second-order valence-electron chi connectivity index (χ2n) is 3.87. The van der Waals surface area contributed by atoms with Gasteiger partial charge in [-0.1, -0.05) is 0 Å². The van der Waals surface area contributed by atoms with E-state index in [0.29, 0.717) is 13.0 Å². The summed E-state index contributed by atoms with van der Waals surface area (Å²) in [5.41, 5.74) is 0.949. The predicted octanol–water partition coefficient (Wildman–Crippen LogP) is 1.36. The molecule has 0 aliphatic rings. The van der Waals surface area contributed by atoms with E-state index in [9.17, 15) is 8.42 Å². The minimum Gasteiger partial charge on any atom is -0.385 e. The SMILES string of the molecule is CCNc1cc(NCCCS(C)(=O)=O)ccn1. The van der Waals surface area contributed by atoms with Crippen LogP contribution in [0.3, 0.4) is 0 Å². The lowest BCUT2D eigenvalue weighted by atomic mass is 10.3. The highest BCUT2D eigenvalue weighted by Gasteiger charge is 2.01. The van der Waals surface area contributed by atoms with Gasteiger partial charge in [-0.3, -0.25) is 0 Å². The van der Waals surface area contributed by atoms with Gasteiger partial charge >= 0.3 is 0 Å². The molecule has 6 heteroatoms. The molecule has 0 fully saturated rings. The highest BCUT2D eigenvalue weighted by atomic mass is 32.2. The number of anilines is 2. The summed E-state index contributed by atoms with van der Waals surface area (Å²) in [4.78, 5) is 4.15. The van der Waals surface area contributed by atoms with Gasteiger partial charge in [-0.15, -0.1) is 0 Å². The fraction of sp³-hybridized carbons (Fsp3) is 0.545. The Morgan fingerprint density at radius 3 is 2.76 bits per heavy atom. The van der Waals surface area contributed by atoms with Crippen molar-refractivity contribution in [2.24, 2.45) is 0 Å². The molecule has 0 bridgehead atoms. The Bertz CT molecular complexity index is 446. The first-order chi connectivity index (χ1) is 8.01. The van der Waals surface area contributed by atoms with Crippen LogP contribution in [-0.4, -0.2) is 38.5 Å². The van der Waals surface area contributed by atoms with Gasteiger partial charge in [-0.2, -0.15) is 0 Å². The lowest BCUT2D eigenvalue weighted by Crippen LogP contribution is -2.10.